The molecule has 6 nitrogen and oxygen atoms in total. The molecule has 0 aliphatic rings. The van der Waals surface area contributed by atoms with Crippen LogP contribution in [0.1, 0.15) is 316 Å². The van der Waals surface area contributed by atoms with Crippen molar-refractivity contribution in [2.45, 2.75) is 322 Å². The summed E-state index contributed by atoms with van der Waals surface area (Å²) in [6.45, 7) is 6.41. The second-order valence-corrected chi connectivity index (χ2v) is 22.7. The lowest BCUT2D eigenvalue weighted by atomic mass is 10.0. The predicted molar refractivity (Wildman–Crippen MR) is 362 cm³/mol. The van der Waals surface area contributed by atoms with Gasteiger partial charge in [0, 0.05) is 19.3 Å². The second kappa shape index (κ2) is 70.0. The zero-order valence-corrected chi connectivity index (χ0v) is 54.2. The Kier molecular flexibility index (Phi) is 66.3. The Morgan fingerprint density at radius 2 is 0.470 bits per heavy atom. The van der Waals surface area contributed by atoms with Gasteiger partial charge in [-0.05, 0) is 135 Å². The molecule has 0 aromatic carbocycles. The van der Waals surface area contributed by atoms with Crippen molar-refractivity contribution in [1.29, 1.82) is 0 Å². The highest BCUT2D eigenvalue weighted by molar-refractivity contribution is 5.71. The number of hydrogen-bond acceptors (Lipinski definition) is 6. The molecule has 0 fully saturated rings. The van der Waals surface area contributed by atoms with E-state index in [0.717, 1.165) is 148 Å². The molecule has 83 heavy (non-hydrogen) atoms. The lowest BCUT2D eigenvalue weighted by Crippen LogP contribution is -2.30. The van der Waals surface area contributed by atoms with Crippen molar-refractivity contribution < 1.29 is 28.6 Å². The number of carbonyl (C=O) groups is 3. The SMILES string of the molecule is CC/C=C\C/C=C\C/C=C\C/C=C\C/C=C\CCCCCCCC(=O)OC(COC(=O)CCCCCCCCCC/C=C\C/C=C\C/C=C\C/C=C\CC)COC(=O)CCCCCCCCCCCCC/C=C\C/C=C\CCCCCCC. The Hall–Kier alpha value is -4.45. The van der Waals surface area contributed by atoms with Gasteiger partial charge in [0.2, 0.25) is 0 Å². The van der Waals surface area contributed by atoms with E-state index in [4.69, 9.17) is 14.2 Å². The fraction of sp³-hybridized carbons (Fsp3) is 0.675. The molecule has 0 spiro atoms. The quantitative estimate of drug-likeness (QED) is 0.0261. The Labute approximate surface area is 513 Å². The maximum Gasteiger partial charge on any atom is 0.306 e. The van der Waals surface area contributed by atoms with Gasteiger partial charge in [0.25, 0.3) is 0 Å². The molecule has 0 aliphatic heterocycles. The Bertz CT molecular complexity index is 1750. The van der Waals surface area contributed by atoms with Crippen LogP contribution in [0.3, 0.4) is 0 Å². The van der Waals surface area contributed by atoms with Gasteiger partial charge >= 0.3 is 17.9 Å². The number of allylic oxidation sites excluding steroid dienone is 22. The summed E-state index contributed by atoms with van der Waals surface area (Å²) in [5.74, 6) is -0.914. The van der Waals surface area contributed by atoms with Crippen molar-refractivity contribution in [2.75, 3.05) is 13.2 Å². The number of esters is 3. The minimum atomic E-state index is -0.800. The van der Waals surface area contributed by atoms with Crippen LogP contribution >= 0.6 is 0 Å². The van der Waals surface area contributed by atoms with E-state index in [2.05, 4.69) is 154 Å². The van der Waals surface area contributed by atoms with E-state index < -0.39 is 6.10 Å². The molecule has 0 radical (unpaired) electrons. The lowest BCUT2D eigenvalue weighted by molar-refractivity contribution is -0.167. The van der Waals surface area contributed by atoms with E-state index >= 15 is 0 Å². The van der Waals surface area contributed by atoms with Gasteiger partial charge in [-0.3, -0.25) is 14.4 Å². The van der Waals surface area contributed by atoms with Crippen LogP contribution in [0.15, 0.2) is 134 Å². The summed E-state index contributed by atoms with van der Waals surface area (Å²) in [4.78, 5) is 38.5. The third kappa shape index (κ3) is 68.2. The summed E-state index contributed by atoms with van der Waals surface area (Å²) in [7, 11) is 0. The minimum absolute atomic E-state index is 0.0925. The summed E-state index contributed by atoms with van der Waals surface area (Å²) in [6, 6.07) is 0. The van der Waals surface area contributed by atoms with Gasteiger partial charge in [0.15, 0.2) is 6.10 Å². The first kappa shape index (κ1) is 78.5. The van der Waals surface area contributed by atoms with E-state index in [0.29, 0.717) is 19.3 Å². The van der Waals surface area contributed by atoms with E-state index in [1.807, 2.05) is 0 Å². The van der Waals surface area contributed by atoms with Gasteiger partial charge in [-0.2, -0.15) is 0 Å². The zero-order chi connectivity index (χ0) is 59.9. The molecule has 0 N–H and O–H groups in total. The van der Waals surface area contributed by atoms with E-state index in [1.54, 1.807) is 0 Å². The molecule has 0 heterocycles. The van der Waals surface area contributed by atoms with Crippen LogP contribution in [0, 0.1) is 0 Å². The van der Waals surface area contributed by atoms with Crippen LogP contribution in [0.5, 0.6) is 0 Å². The Morgan fingerprint density at radius 1 is 0.253 bits per heavy atom. The molecule has 0 aromatic rings. The van der Waals surface area contributed by atoms with E-state index in [1.165, 1.54) is 128 Å². The maximum absolute atomic E-state index is 13.0. The number of carbonyl (C=O) groups excluding carboxylic acids is 3. The lowest BCUT2D eigenvalue weighted by Gasteiger charge is -2.18. The monoisotopic (exact) mass is 1150 g/mol. The van der Waals surface area contributed by atoms with Crippen molar-refractivity contribution in [1.82, 2.24) is 0 Å². The van der Waals surface area contributed by atoms with Crippen molar-refractivity contribution in [3.8, 4) is 0 Å². The molecule has 0 saturated carbocycles. The molecule has 0 bridgehead atoms. The predicted octanol–water partition coefficient (Wildman–Crippen LogP) is 24.1. The van der Waals surface area contributed by atoms with Crippen LogP contribution in [-0.2, 0) is 28.6 Å². The van der Waals surface area contributed by atoms with Gasteiger partial charge in [0.05, 0.1) is 0 Å². The molecule has 0 saturated heterocycles. The molecule has 0 amide bonds. The Balaban J connectivity index is 4.45. The fourth-order valence-electron chi connectivity index (χ4n) is 9.49. The van der Waals surface area contributed by atoms with Crippen LogP contribution in [0.2, 0.25) is 0 Å². The summed E-state index contributed by atoms with van der Waals surface area (Å²) in [5.41, 5.74) is 0. The van der Waals surface area contributed by atoms with Crippen LogP contribution in [0.25, 0.3) is 0 Å². The standard InChI is InChI=1S/C77H128O6/c1-4-7-10-13-16-19-22-25-28-31-34-37-38-41-43-46-49-52-55-58-61-64-67-70-76(79)82-73-74(83-77(80)71-68-65-62-59-56-53-50-47-44-40-36-33-30-27-24-21-18-15-12-9-6-3)72-81-75(78)69-66-63-60-57-54-51-48-45-42-39-35-32-29-26-23-20-17-14-11-8-5-2/h8-9,11-12,17-18,20-22,25-27,29-31,34-36,39-40,47,50,74H,4-7,10,13-16,19,23-24,28,32-33,37-38,41-46,48-49,51-73H2,1-3H3/b11-8-,12-9-,20-17-,21-18-,25-22-,29-26-,30-27-,34-31-,39-35-,40-36-,50-47-. The van der Waals surface area contributed by atoms with Gasteiger partial charge in [-0.1, -0.05) is 296 Å². The maximum atomic E-state index is 13.0. The molecule has 1 unspecified atom stereocenters. The summed E-state index contributed by atoms with van der Waals surface area (Å²) >= 11 is 0. The van der Waals surface area contributed by atoms with Gasteiger partial charge < -0.3 is 14.2 Å². The highest BCUT2D eigenvalue weighted by atomic mass is 16.6. The number of ether oxygens (including phenoxy) is 3. The van der Waals surface area contributed by atoms with Gasteiger partial charge in [-0.25, -0.2) is 0 Å². The zero-order valence-electron chi connectivity index (χ0n) is 54.2. The first-order valence-corrected chi connectivity index (χ1v) is 34.7. The smallest absolute Gasteiger partial charge is 0.306 e. The molecule has 472 valence electrons. The van der Waals surface area contributed by atoms with Crippen molar-refractivity contribution >= 4 is 17.9 Å². The van der Waals surface area contributed by atoms with Gasteiger partial charge in [-0.15, -0.1) is 0 Å². The molecule has 1 atom stereocenters. The van der Waals surface area contributed by atoms with Crippen LogP contribution in [0.4, 0.5) is 0 Å². The third-order valence-electron chi connectivity index (χ3n) is 14.6. The van der Waals surface area contributed by atoms with Gasteiger partial charge in [0.1, 0.15) is 13.2 Å². The molecule has 6 heteroatoms. The summed E-state index contributed by atoms with van der Waals surface area (Å²) < 4.78 is 17.0. The molecular weight excluding hydrogens is 1020 g/mol. The van der Waals surface area contributed by atoms with Crippen LogP contribution < -0.4 is 0 Å². The second-order valence-electron chi connectivity index (χ2n) is 22.7. The normalized spacial score (nSPS) is 13.0. The third-order valence-corrected chi connectivity index (χ3v) is 14.6. The molecule has 0 rings (SSSR count). The van der Waals surface area contributed by atoms with Crippen molar-refractivity contribution in [2.24, 2.45) is 0 Å². The topological polar surface area (TPSA) is 78.9 Å². The molecule has 0 aliphatic carbocycles. The van der Waals surface area contributed by atoms with Crippen LogP contribution in [-0.4, -0.2) is 37.2 Å². The number of rotatable bonds is 62. The average Bonchev–Trinajstić information content (AvgIpc) is 3.49. The minimum Gasteiger partial charge on any atom is -0.462 e. The number of unbranched alkanes of at least 4 members (excludes halogenated alkanes) is 29. The van der Waals surface area contributed by atoms with E-state index in [-0.39, 0.29) is 31.1 Å². The fourth-order valence-corrected chi connectivity index (χ4v) is 9.49. The average molecular weight is 1150 g/mol. The largest absolute Gasteiger partial charge is 0.462 e. The first-order chi connectivity index (χ1) is 41.0. The number of hydrogen-bond donors (Lipinski definition) is 0. The molecule has 0 aromatic heterocycles. The highest BCUT2D eigenvalue weighted by Crippen LogP contribution is 2.16. The Morgan fingerprint density at radius 3 is 0.735 bits per heavy atom. The molecular formula is C77H128O6. The first-order valence-electron chi connectivity index (χ1n) is 34.7. The van der Waals surface area contributed by atoms with Crippen molar-refractivity contribution in [3.05, 3.63) is 134 Å². The highest BCUT2D eigenvalue weighted by Gasteiger charge is 2.19. The van der Waals surface area contributed by atoms with E-state index in [9.17, 15) is 14.4 Å². The summed E-state index contributed by atoms with van der Waals surface area (Å²) in [6.07, 6.45) is 98.9. The summed E-state index contributed by atoms with van der Waals surface area (Å²) in [5, 5.41) is 0. The van der Waals surface area contributed by atoms with Crippen molar-refractivity contribution in [3.63, 3.8) is 0 Å².